The molecule has 6 heteroatoms. The highest BCUT2D eigenvalue weighted by atomic mass is 32.1. The largest absolute Gasteiger partial charge is 0.325 e. The zero-order valence-corrected chi connectivity index (χ0v) is 10.0. The van der Waals surface area contributed by atoms with Crippen molar-refractivity contribution >= 4 is 16.3 Å². The number of hydrogen-bond acceptors (Lipinski definition) is 3. The first kappa shape index (κ1) is 11.3. The van der Waals surface area contributed by atoms with Crippen molar-refractivity contribution < 1.29 is 8.78 Å². The lowest BCUT2D eigenvalue weighted by atomic mass is 10.1. The molecule has 2 N–H and O–H groups in total. The topological polar surface area (TPSA) is 43.3 Å². The van der Waals surface area contributed by atoms with Crippen molar-refractivity contribution in [2.24, 2.45) is 5.73 Å². The van der Waals surface area contributed by atoms with Crippen LogP contribution < -0.4 is 5.73 Å². The van der Waals surface area contributed by atoms with Crippen LogP contribution >= 0.6 is 11.3 Å². The number of hydrogen-bond donors (Lipinski definition) is 1. The second-order valence-corrected chi connectivity index (χ2v) is 4.67. The van der Waals surface area contributed by atoms with E-state index in [4.69, 9.17) is 5.73 Å². The Balaban J connectivity index is 2.19. The normalized spacial score (nSPS) is 11.3. The Morgan fingerprint density at radius 3 is 2.94 bits per heavy atom. The number of aromatic nitrogens is 2. The highest BCUT2D eigenvalue weighted by molar-refractivity contribution is 7.15. The van der Waals surface area contributed by atoms with Gasteiger partial charge in [0.15, 0.2) is 4.96 Å². The molecule has 0 atom stereocenters. The van der Waals surface area contributed by atoms with E-state index < -0.39 is 11.6 Å². The first-order chi connectivity index (χ1) is 8.69. The summed E-state index contributed by atoms with van der Waals surface area (Å²) in [5.41, 5.74) is 7.05. The van der Waals surface area contributed by atoms with E-state index in [1.807, 2.05) is 5.38 Å². The Labute approximate surface area is 106 Å². The summed E-state index contributed by atoms with van der Waals surface area (Å²) in [5.74, 6) is -0.974. The molecule has 0 radical (unpaired) electrons. The predicted molar refractivity (Wildman–Crippen MR) is 66.3 cm³/mol. The Morgan fingerprint density at radius 1 is 1.33 bits per heavy atom. The second kappa shape index (κ2) is 4.15. The number of halogens is 2. The van der Waals surface area contributed by atoms with Gasteiger partial charge in [0, 0.05) is 29.4 Å². The van der Waals surface area contributed by atoms with Gasteiger partial charge >= 0.3 is 0 Å². The van der Waals surface area contributed by atoms with E-state index >= 15 is 0 Å². The maximum atomic E-state index is 13.6. The molecule has 2 heterocycles. The zero-order valence-electron chi connectivity index (χ0n) is 9.23. The standard InChI is InChI=1S/C12H9F2N3S/c13-7-1-2-10(14)9(3-7)11-5-17-8(4-15)6-18-12(17)16-11/h1-3,5-6H,4,15H2. The number of benzene rings is 1. The van der Waals surface area contributed by atoms with E-state index in [9.17, 15) is 8.78 Å². The van der Waals surface area contributed by atoms with Crippen LogP contribution in [-0.4, -0.2) is 9.38 Å². The lowest BCUT2D eigenvalue weighted by molar-refractivity contribution is 0.603. The number of nitrogens with two attached hydrogens (primary N) is 1. The number of rotatable bonds is 2. The predicted octanol–water partition coefficient (Wildman–Crippen LogP) is 2.80. The van der Waals surface area contributed by atoms with Crippen LogP contribution in [0.3, 0.4) is 0 Å². The molecule has 3 rings (SSSR count). The van der Waals surface area contributed by atoms with Gasteiger partial charge in [-0.25, -0.2) is 13.8 Å². The zero-order chi connectivity index (χ0) is 12.7. The van der Waals surface area contributed by atoms with E-state index in [0.717, 1.165) is 23.9 Å². The summed E-state index contributed by atoms with van der Waals surface area (Å²) in [6, 6.07) is 3.33. The molecular formula is C12H9F2N3S. The molecule has 18 heavy (non-hydrogen) atoms. The summed E-state index contributed by atoms with van der Waals surface area (Å²) in [7, 11) is 0. The molecule has 0 saturated carbocycles. The number of nitrogens with zero attached hydrogens (tertiary/aromatic N) is 2. The third-order valence-corrected chi connectivity index (χ3v) is 3.59. The molecule has 0 aliphatic carbocycles. The minimum absolute atomic E-state index is 0.161. The van der Waals surface area contributed by atoms with E-state index in [-0.39, 0.29) is 5.56 Å². The smallest absolute Gasteiger partial charge is 0.194 e. The summed E-state index contributed by atoms with van der Waals surface area (Å²) in [6.07, 6.45) is 1.67. The molecule has 0 aliphatic rings. The van der Waals surface area contributed by atoms with Crippen LogP contribution in [-0.2, 0) is 6.54 Å². The van der Waals surface area contributed by atoms with E-state index in [2.05, 4.69) is 4.98 Å². The Morgan fingerprint density at radius 2 is 2.17 bits per heavy atom. The van der Waals surface area contributed by atoms with Crippen molar-refractivity contribution in [2.75, 3.05) is 0 Å². The van der Waals surface area contributed by atoms with Gasteiger partial charge in [0.2, 0.25) is 0 Å². The molecule has 3 nitrogen and oxygen atoms in total. The molecular weight excluding hydrogens is 256 g/mol. The van der Waals surface area contributed by atoms with Gasteiger partial charge in [-0.15, -0.1) is 11.3 Å². The van der Waals surface area contributed by atoms with Gasteiger partial charge in [-0.2, -0.15) is 0 Å². The van der Waals surface area contributed by atoms with E-state index in [1.165, 1.54) is 11.3 Å². The van der Waals surface area contributed by atoms with Gasteiger partial charge in [0.25, 0.3) is 0 Å². The maximum Gasteiger partial charge on any atom is 0.194 e. The average molecular weight is 265 g/mol. The van der Waals surface area contributed by atoms with Crippen LogP contribution in [0, 0.1) is 11.6 Å². The SMILES string of the molecule is NCc1csc2nc(-c3cc(F)ccc3F)cn12. The van der Waals surface area contributed by atoms with Crippen LogP contribution in [0.4, 0.5) is 8.78 Å². The van der Waals surface area contributed by atoms with Crippen LogP contribution in [0.15, 0.2) is 29.8 Å². The summed E-state index contributed by atoms with van der Waals surface area (Å²) in [5, 5.41) is 1.90. The monoisotopic (exact) mass is 265 g/mol. The Bertz CT molecular complexity index is 717. The third kappa shape index (κ3) is 1.70. The average Bonchev–Trinajstić information content (AvgIpc) is 2.91. The first-order valence-corrected chi connectivity index (χ1v) is 6.18. The van der Waals surface area contributed by atoms with Crippen LogP contribution in [0.2, 0.25) is 0 Å². The minimum Gasteiger partial charge on any atom is -0.325 e. The molecule has 1 aromatic carbocycles. The molecule has 0 aliphatic heterocycles. The van der Waals surface area contributed by atoms with E-state index in [1.54, 1.807) is 10.6 Å². The molecule has 0 fully saturated rings. The Hall–Kier alpha value is -1.79. The van der Waals surface area contributed by atoms with Gasteiger partial charge in [-0.05, 0) is 18.2 Å². The minimum atomic E-state index is -0.489. The summed E-state index contributed by atoms with van der Waals surface area (Å²) >= 11 is 1.42. The first-order valence-electron chi connectivity index (χ1n) is 5.30. The summed E-state index contributed by atoms with van der Waals surface area (Å²) in [6.45, 7) is 0.376. The van der Waals surface area contributed by atoms with Crippen molar-refractivity contribution in [3.63, 3.8) is 0 Å². The Kier molecular flexibility index (Phi) is 2.61. The molecule has 0 amide bonds. The third-order valence-electron chi connectivity index (χ3n) is 2.70. The molecule has 2 aromatic heterocycles. The van der Waals surface area contributed by atoms with Crippen molar-refractivity contribution in [1.29, 1.82) is 0 Å². The van der Waals surface area contributed by atoms with Crippen molar-refractivity contribution in [1.82, 2.24) is 9.38 Å². The molecule has 92 valence electrons. The number of thiazole rings is 1. The number of imidazole rings is 1. The highest BCUT2D eigenvalue weighted by Crippen LogP contribution is 2.26. The quantitative estimate of drug-likeness (QED) is 0.774. The van der Waals surface area contributed by atoms with Gasteiger partial charge < -0.3 is 5.73 Å². The van der Waals surface area contributed by atoms with Crippen LogP contribution in [0.25, 0.3) is 16.2 Å². The lowest BCUT2D eigenvalue weighted by Gasteiger charge is -1.98. The number of fused-ring (bicyclic) bond motifs is 1. The molecule has 0 saturated heterocycles. The fraction of sp³-hybridized carbons (Fsp3) is 0.0833. The molecule has 0 bridgehead atoms. The summed E-state index contributed by atoms with van der Waals surface area (Å²) < 4.78 is 28.6. The van der Waals surface area contributed by atoms with Crippen molar-refractivity contribution in [3.8, 4) is 11.3 Å². The second-order valence-electron chi connectivity index (χ2n) is 3.83. The van der Waals surface area contributed by atoms with E-state index in [0.29, 0.717) is 17.2 Å². The van der Waals surface area contributed by atoms with Crippen LogP contribution in [0.5, 0.6) is 0 Å². The highest BCUT2D eigenvalue weighted by Gasteiger charge is 2.12. The van der Waals surface area contributed by atoms with Gasteiger partial charge in [-0.3, -0.25) is 4.40 Å². The lowest BCUT2D eigenvalue weighted by Crippen LogP contribution is -1.98. The van der Waals surface area contributed by atoms with Crippen molar-refractivity contribution in [2.45, 2.75) is 6.54 Å². The maximum absolute atomic E-state index is 13.6. The summed E-state index contributed by atoms with van der Waals surface area (Å²) in [4.78, 5) is 4.99. The molecule has 0 spiro atoms. The molecule has 0 unspecified atom stereocenters. The molecule has 3 aromatic rings. The van der Waals surface area contributed by atoms with Gasteiger partial charge in [0.1, 0.15) is 11.6 Å². The fourth-order valence-corrected chi connectivity index (χ4v) is 2.69. The van der Waals surface area contributed by atoms with Gasteiger partial charge in [-0.1, -0.05) is 0 Å². The van der Waals surface area contributed by atoms with Crippen LogP contribution in [0.1, 0.15) is 5.69 Å². The van der Waals surface area contributed by atoms with Gasteiger partial charge in [0.05, 0.1) is 5.69 Å². The van der Waals surface area contributed by atoms with Crippen molar-refractivity contribution in [3.05, 3.63) is 47.1 Å². The fourth-order valence-electron chi connectivity index (χ4n) is 1.80.